The van der Waals surface area contributed by atoms with Crippen molar-refractivity contribution in [1.82, 2.24) is 0 Å². The van der Waals surface area contributed by atoms with Crippen LogP contribution in [0.2, 0.25) is 0 Å². The molecule has 0 fully saturated rings. The number of hydrogen-bond donors (Lipinski definition) is 0. The van der Waals surface area contributed by atoms with Crippen molar-refractivity contribution >= 4 is 48.2 Å². The lowest BCUT2D eigenvalue weighted by Crippen LogP contribution is -1.86. The summed E-state index contributed by atoms with van der Waals surface area (Å²) < 4.78 is 0. The fraction of sp³-hybridized carbons (Fsp3) is 0.0769. The summed E-state index contributed by atoms with van der Waals surface area (Å²) in [5, 5.41) is 3.43. The van der Waals surface area contributed by atoms with Gasteiger partial charge in [0.05, 0.1) is 0 Å². The Balaban J connectivity index is 2.71. The van der Waals surface area contributed by atoms with Gasteiger partial charge in [0, 0.05) is 5.33 Å². The first-order valence-corrected chi connectivity index (χ1v) is 6.74. The van der Waals surface area contributed by atoms with Gasteiger partial charge in [-0.3, -0.25) is 0 Å². The van der Waals surface area contributed by atoms with E-state index in [-0.39, 0.29) is 0 Å². The second-order valence-electron chi connectivity index (χ2n) is 3.29. The molecule has 15 heavy (non-hydrogen) atoms. The molecule has 0 unspecified atom stereocenters. The monoisotopic (exact) mass is 324 g/mol. The van der Waals surface area contributed by atoms with Crippen LogP contribution in [0.1, 0.15) is 5.56 Å². The molecule has 0 aliphatic carbocycles. The van der Waals surface area contributed by atoms with E-state index in [9.17, 15) is 0 Å². The molecule has 0 amide bonds. The van der Waals surface area contributed by atoms with Crippen molar-refractivity contribution in [3.05, 3.63) is 53.0 Å². The second kappa shape index (κ2) is 4.95. The van der Waals surface area contributed by atoms with E-state index in [2.05, 4.69) is 74.3 Å². The van der Waals surface area contributed by atoms with Gasteiger partial charge in [-0.1, -0.05) is 74.3 Å². The molecule has 0 spiro atoms. The zero-order chi connectivity index (χ0) is 10.7. The number of alkyl halides is 1. The molecular weight excluding hydrogens is 316 g/mol. The zero-order valence-corrected chi connectivity index (χ0v) is 11.3. The van der Waals surface area contributed by atoms with Crippen LogP contribution >= 0.6 is 31.9 Å². The van der Waals surface area contributed by atoms with E-state index in [0.717, 1.165) is 5.33 Å². The molecule has 0 heterocycles. The van der Waals surface area contributed by atoms with Crippen LogP contribution in [0.5, 0.6) is 0 Å². The van der Waals surface area contributed by atoms with Gasteiger partial charge in [-0.05, 0) is 26.9 Å². The van der Waals surface area contributed by atoms with Crippen molar-refractivity contribution < 1.29 is 0 Å². The molecule has 2 aromatic rings. The molecule has 2 rings (SSSR count). The van der Waals surface area contributed by atoms with E-state index in [0.29, 0.717) is 0 Å². The number of rotatable bonds is 2. The predicted molar refractivity (Wildman–Crippen MR) is 74.6 cm³/mol. The first-order chi connectivity index (χ1) is 7.36. The molecule has 2 aromatic carbocycles. The van der Waals surface area contributed by atoms with E-state index in [1.54, 1.807) is 0 Å². The van der Waals surface area contributed by atoms with Crippen LogP contribution < -0.4 is 0 Å². The molecule has 0 nitrogen and oxygen atoms in total. The highest BCUT2D eigenvalue weighted by atomic mass is 79.9. The summed E-state index contributed by atoms with van der Waals surface area (Å²) in [5.41, 5.74) is 2.54. The van der Waals surface area contributed by atoms with Gasteiger partial charge in [-0.2, -0.15) is 0 Å². The molecule has 0 bridgehead atoms. The number of allylic oxidation sites excluding steroid dienone is 1. The fourth-order valence-electron chi connectivity index (χ4n) is 1.67. The smallest absolute Gasteiger partial charge is 0.0294 e. The van der Waals surface area contributed by atoms with E-state index in [1.807, 2.05) is 4.99 Å². The van der Waals surface area contributed by atoms with Crippen LogP contribution in [0.25, 0.3) is 16.3 Å². The summed E-state index contributed by atoms with van der Waals surface area (Å²) in [7, 11) is 0. The van der Waals surface area contributed by atoms with E-state index in [4.69, 9.17) is 0 Å². The van der Waals surface area contributed by atoms with Crippen LogP contribution in [-0.2, 0) is 0 Å². The first kappa shape index (κ1) is 10.9. The van der Waals surface area contributed by atoms with Gasteiger partial charge in [0.2, 0.25) is 0 Å². The van der Waals surface area contributed by atoms with E-state index >= 15 is 0 Å². The lowest BCUT2D eigenvalue weighted by atomic mass is 10.0. The molecule has 2 heteroatoms. The molecule has 76 valence electrons. The van der Waals surface area contributed by atoms with Crippen LogP contribution in [0.15, 0.2) is 47.4 Å². The maximum Gasteiger partial charge on any atom is 0.0294 e. The number of fused-ring (bicyclic) bond motifs is 1. The third kappa shape index (κ3) is 2.16. The summed E-state index contributed by atoms with van der Waals surface area (Å²) in [5.74, 6) is 0. The summed E-state index contributed by atoms with van der Waals surface area (Å²) in [4.78, 5) is 1.98. The normalized spacial score (nSPS) is 12.0. The summed E-state index contributed by atoms with van der Waals surface area (Å²) in [6, 6.07) is 14.8. The average Bonchev–Trinajstić information content (AvgIpc) is 2.31. The van der Waals surface area contributed by atoms with Crippen molar-refractivity contribution in [2.75, 3.05) is 5.33 Å². The van der Waals surface area contributed by atoms with Gasteiger partial charge in [0.25, 0.3) is 0 Å². The molecule has 0 atom stereocenters. The standard InChI is InChI=1S/C13H10Br2/c14-8-11(9-15)13-7-3-5-10-4-1-2-6-12(10)13/h1-8H,9H2/b11-8+. The van der Waals surface area contributed by atoms with Crippen molar-refractivity contribution in [1.29, 1.82) is 0 Å². The highest BCUT2D eigenvalue weighted by Gasteiger charge is 2.03. The Morgan fingerprint density at radius 3 is 2.53 bits per heavy atom. The Kier molecular flexibility index (Phi) is 3.60. The minimum Gasteiger partial charge on any atom is -0.0876 e. The minimum absolute atomic E-state index is 0.853. The number of halogens is 2. The Hall–Kier alpha value is -0.600. The topological polar surface area (TPSA) is 0 Å². The van der Waals surface area contributed by atoms with Gasteiger partial charge < -0.3 is 0 Å². The number of benzene rings is 2. The van der Waals surface area contributed by atoms with Crippen molar-refractivity contribution in [2.45, 2.75) is 0 Å². The highest BCUT2D eigenvalue weighted by molar-refractivity contribution is 9.11. The van der Waals surface area contributed by atoms with Crippen LogP contribution in [0, 0.1) is 0 Å². The lowest BCUT2D eigenvalue weighted by Gasteiger charge is -2.07. The van der Waals surface area contributed by atoms with Gasteiger partial charge in [0.1, 0.15) is 0 Å². The van der Waals surface area contributed by atoms with E-state index in [1.165, 1.54) is 21.9 Å². The van der Waals surface area contributed by atoms with Crippen molar-refractivity contribution in [2.24, 2.45) is 0 Å². The van der Waals surface area contributed by atoms with Crippen LogP contribution in [0.4, 0.5) is 0 Å². The molecule has 0 aliphatic heterocycles. The third-order valence-corrected chi connectivity index (χ3v) is 3.57. The van der Waals surface area contributed by atoms with Gasteiger partial charge in [0.15, 0.2) is 0 Å². The predicted octanol–water partition coefficient (Wildman–Crippen LogP) is 4.97. The zero-order valence-electron chi connectivity index (χ0n) is 8.08. The van der Waals surface area contributed by atoms with Crippen LogP contribution in [0.3, 0.4) is 0 Å². The fourth-order valence-corrected chi connectivity index (χ4v) is 2.97. The molecule has 0 aliphatic rings. The van der Waals surface area contributed by atoms with Crippen LogP contribution in [-0.4, -0.2) is 5.33 Å². The van der Waals surface area contributed by atoms with Crippen molar-refractivity contribution in [3.8, 4) is 0 Å². The van der Waals surface area contributed by atoms with Crippen molar-refractivity contribution in [3.63, 3.8) is 0 Å². The summed E-state index contributed by atoms with van der Waals surface area (Å²) in [6.45, 7) is 0. The summed E-state index contributed by atoms with van der Waals surface area (Å²) in [6.07, 6.45) is 0. The molecule has 0 aromatic heterocycles. The second-order valence-corrected chi connectivity index (χ2v) is 4.31. The van der Waals surface area contributed by atoms with Gasteiger partial charge in [-0.25, -0.2) is 0 Å². The Labute approximate surface area is 106 Å². The van der Waals surface area contributed by atoms with E-state index < -0.39 is 0 Å². The highest BCUT2D eigenvalue weighted by Crippen LogP contribution is 2.26. The Morgan fingerprint density at radius 2 is 1.80 bits per heavy atom. The Bertz CT molecular complexity index is 495. The quantitative estimate of drug-likeness (QED) is 0.684. The molecule has 0 radical (unpaired) electrons. The first-order valence-electron chi connectivity index (χ1n) is 4.70. The third-order valence-electron chi connectivity index (χ3n) is 2.41. The van der Waals surface area contributed by atoms with Gasteiger partial charge in [-0.15, -0.1) is 0 Å². The van der Waals surface area contributed by atoms with Gasteiger partial charge >= 0.3 is 0 Å². The molecule has 0 N–H and O–H groups in total. The molecular formula is C13H10Br2. The maximum atomic E-state index is 3.50. The largest absolute Gasteiger partial charge is 0.0876 e. The number of hydrogen-bond acceptors (Lipinski definition) is 0. The lowest BCUT2D eigenvalue weighted by molar-refractivity contribution is 1.65. The molecule has 0 saturated heterocycles. The maximum absolute atomic E-state index is 3.50. The summed E-state index contributed by atoms with van der Waals surface area (Å²) >= 11 is 6.91. The minimum atomic E-state index is 0.853. The molecule has 0 saturated carbocycles. The SMILES string of the molecule is Br/C=C(\CBr)c1cccc2ccccc12. The average molecular weight is 326 g/mol. The Morgan fingerprint density at radius 1 is 1.07 bits per heavy atom.